The van der Waals surface area contributed by atoms with Crippen molar-refractivity contribution in [3.8, 4) is 0 Å². The van der Waals surface area contributed by atoms with Crippen molar-refractivity contribution in [3.05, 3.63) is 30.3 Å². The highest BCUT2D eigenvalue weighted by molar-refractivity contribution is 9.09. The Morgan fingerprint density at radius 2 is 2.00 bits per heavy atom. The van der Waals surface area contributed by atoms with E-state index >= 15 is 0 Å². The van der Waals surface area contributed by atoms with Gasteiger partial charge in [0.2, 0.25) is 5.91 Å². The van der Waals surface area contributed by atoms with E-state index in [0.29, 0.717) is 4.83 Å². The van der Waals surface area contributed by atoms with E-state index in [1.165, 1.54) is 0 Å². The molecule has 0 radical (unpaired) electrons. The van der Waals surface area contributed by atoms with Crippen LogP contribution in [0.3, 0.4) is 0 Å². The lowest BCUT2D eigenvalue weighted by Gasteiger charge is -2.41. The van der Waals surface area contributed by atoms with Crippen LogP contribution in [0.1, 0.15) is 19.3 Å². The molecular weight excluding hydrogens is 306 g/mol. The first kappa shape index (κ1) is 12.9. The van der Waals surface area contributed by atoms with Gasteiger partial charge in [0.1, 0.15) is 0 Å². The summed E-state index contributed by atoms with van der Waals surface area (Å²) in [6.45, 7) is 0. The second kappa shape index (κ2) is 5.51. The first-order valence-corrected chi connectivity index (χ1v) is 7.66. The zero-order chi connectivity index (χ0) is 13.2. The molecule has 1 aromatic rings. The van der Waals surface area contributed by atoms with Gasteiger partial charge in [-0.15, -0.1) is 0 Å². The summed E-state index contributed by atoms with van der Waals surface area (Å²) in [6, 6.07) is 10.2. The third kappa shape index (κ3) is 2.92. The number of alkyl halides is 1. The lowest BCUT2D eigenvalue weighted by Crippen LogP contribution is -2.65. The minimum absolute atomic E-state index is 0.0898. The minimum Gasteiger partial charge on any atom is -0.353 e. The molecule has 1 aromatic carbocycles. The molecule has 5 heteroatoms. The van der Waals surface area contributed by atoms with Crippen molar-refractivity contribution in [1.82, 2.24) is 10.6 Å². The molecule has 4 unspecified atom stereocenters. The van der Waals surface area contributed by atoms with Crippen molar-refractivity contribution in [2.75, 3.05) is 5.32 Å². The maximum Gasteiger partial charge on any atom is 0.227 e. The molecule has 2 aliphatic rings. The molecule has 0 spiro atoms. The van der Waals surface area contributed by atoms with Crippen molar-refractivity contribution >= 4 is 27.5 Å². The van der Waals surface area contributed by atoms with Gasteiger partial charge >= 0.3 is 0 Å². The van der Waals surface area contributed by atoms with Gasteiger partial charge in [0.05, 0.1) is 5.92 Å². The predicted molar refractivity (Wildman–Crippen MR) is 79.0 cm³/mol. The molecular formula is C14H18BrN3O. The fourth-order valence-corrected chi connectivity index (χ4v) is 3.56. The molecule has 19 heavy (non-hydrogen) atoms. The largest absolute Gasteiger partial charge is 0.353 e. The van der Waals surface area contributed by atoms with E-state index in [9.17, 15) is 4.79 Å². The third-order valence-electron chi connectivity index (χ3n) is 3.88. The summed E-state index contributed by atoms with van der Waals surface area (Å²) in [5.41, 5.74) is 1.01. The maximum absolute atomic E-state index is 12.2. The van der Waals surface area contributed by atoms with Crippen LogP contribution in [0.15, 0.2) is 30.3 Å². The first-order valence-electron chi connectivity index (χ1n) is 6.74. The van der Waals surface area contributed by atoms with E-state index in [0.717, 1.165) is 24.9 Å². The number of carbonyl (C=O) groups is 1. The Kier molecular flexibility index (Phi) is 3.75. The highest BCUT2D eigenvalue weighted by Crippen LogP contribution is 2.31. The van der Waals surface area contributed by atoms with E-state index in [2.05, 4.69) is 31.9 Å². The number of para-hydroxylation sites is 1. The number of hydrogen-bond acceptors (Lipinski definition) is 3. The lowest BCUT2D eigenvalue weighted by molar-refractivity contribution is -0.130. The number of fused-ring (bicyclic) bond motifs is 1. The number of amides is 1. The zero-order valence-corrected chi connectivity index (χ0v) is 12.2. The smallest absolute Gasteiger partial charge is 0.227 e. The molecule has 1 heterocycles. The summed E-state index contributed by atoms with van der Waals surface area (Å²) >= 11 is 3.62. The van der Waals surface area contributed by atoms with Crippen LogP contribution in [0, 0.1) is 5.92 Å². The molecule has 0 bridgehead atoms. The fraction of sp³-hybridized carbons (Fsp3) is 0.500. The average molecular weight is 324 g/mol. The van der Waals surface area contributed by atoms with Crippen LogP contribution in [0.2, 0.25) is 0 Å². The molecule has 4 nitrogen and oxygen atoms in total. The Balaban J connectivity index is 1.66. The van der Waals surface area contributed by atoms with Crippen LogP contribution >= 0.6 is 15.9 Å². The highest BCUT2D eigenvalue weighted by Gasteiger charge is 2.39. The molecule has 1 aliphatic heterocycles. The van der Waals surface area contributed by atoms with Crippen molar-refractivity contribution < 1.29 is 4.79 Å². The quantitative estimate of drug-likeness (QED) is 0.730. The van der Waals surface area contributed by atoms with E-state index in [1.54, 1.807) is 0 Å². The Hall–Kier alpha value is -1.07. The average Bonchev–Trinajstić information content (AvgIpc) is 2.41. The molecule has 4 atom stereocenters. The minimum atomic E-state index is -0.178. The summed E-state index contributed by atoms with van der Waals surface area (Å²) in [7, 11) is 0. The Morgan fingerprint density at radius 1 is 1.21 bits per heavy atom. The summed E-state index contributed by atoms with van der Waals surface area (Å²) < 4.78 is 0. The van der Waals surface area contributed by atoms with Gasteiger partial charge in [-0.05, 0) is 31.4 Å². The van der Waals surface area contributed by atoms with Gasteiger partial charge in [0.25, 0.3) is 0 Å². The van der Waals surface area contributed by atoms with Crippen LogP contribution in [-0.4, -0.2) is 23.1 Å². The van der Waals surface area contributed by atoms with Crippen molar-refractivity contribution in [1.29, 1.82) is 0 Å². The van der Waals surface area contributed by atoms with Crippen LogP contribution in [0.5, 0.6) is 0 Å². The van der Waals surface area contributed by atoms with Gasteiger partial charge in [0.15, 0.2) is 6.29 Å². The van der Waals surface area contributed by atoms with Gasteiger partial charge in [-0.3, -0.25) is 10.1 Å². The number of benzene rings is 1. The molecule has 1 amide bonds. The maximum atomic E-state index is 12.2. The Bertz CT molecular complexity index is 453. The summed E-state index contributed by atoms with van der Waals surface area (Å²) in [6.07, 6.45) is 2.91. The number of carbonyl (C=O) groups excluding carboxylic acids is 1. The van der Waals surface area contributed by atoms with Crippen molar-refractivity contribution in [2.45, 2.75) is 36.4 Å². The molecule has 1 saturated heterocycles. The lowest BCUT2D eigenvalue weighted by atomic mass is 9.82. The van der Waals surface area contributed by atoms with Crippen molar-refractivity contribution in [2.24, 2.45) is 5.92 Å². The number of halogens is 1. The van der Waals surface area contributed by atoms with Crippen LogP contribution in [0.4, 0.5) is 5.69 Å². The highest BCUT2D eigenvalue weighted by atomic mass is 79.9. The van der Waals surface area contributed by atoms with Crippen LogP contribution < -0.4 is 16.0 Å². The van der Waals surface area contributed by atoms with Crippen molar-refractivity contribution in [3.63, 3.8) is 0 Å². The molecule has 2 fully saturated rings. The molecule has 0 aromatic heterocycles. The standard InChI is InChI=1S/C14H18BrN3O/c15-9-6-7-12-11(8-9)13(19)18-14(17-12)16-10-4-2-1-3-5-10/h1-5,9,11-12,14,16-17H,6-8H2,(H,18,19). The zero-order valence-electron chi connectivity index (χ0n) is 10.6. The number of rotatable bonds is 2. The van der Waals surface area contributed by atoms with Gasteiger partial charge < -0.3 is 10.6 Å². The summed E-state index contributed by atoms with van der Waals surface area (Å²) in [5, 5.41) is 9.79. The monoisotopic (exact) mass is 323 g/mol. The third-order valence-corrected chi connectivity index (χ3v) is 4.71. The van der Waals surface area contributed by atoms with E-state index in [4.69, 9.17) is 0 Å². The topological polar surface area (TPSA) is 53.2 Å². The normalized spacial score (nSPS) is 34.3. The second-order valence-corrected chi connectivity index (χ2v) is 6.54. The van der Waals surface area contributed by atoms with Crippen LogP contribution in [0.25, 0.3) is 0 Å². The van der Waals surface area contributed by atoms with E-state index in [-0.39, 0.29) is 24.2 Å². The van der Waals surface area contributed by atoms with Crippen LogP contribution in [-0.2, 0) is 4.79 Å². The van der Waals surface area contributed by atoms with E-state index in [1.807, 2.05) is 30.3 Å². The Morgan fingerprint density at radius 3 is 2.79 bits per heavy atom. The van der Waals surface area contributed by atoms with Gasteiger partial charge in [-0.1, -0.05) is 34.1 Å². The number of hydrogen-bond donors (Lipinski definition) is 3. The summed E-state index contributed by atoms with van der Waals surface area (Å²) in [4.78, 5) is 12.6. The van der Waals surface area contributed by atoms with Gasteiger partial charge in [0, 0.05) is 16.6 Å². The predicted octanol–water partition coefficient (Wildman–Crippen LogP) is 2.03. The summed E-state index contributed by atoms with van der Waals surface area (Å²) in [5.74, 6) is 0.244. The van der Waals surface area contributed by atoms with Gasteiger partial charge in [-0.2, -0.15) is 0 Å². The number of anilines is 1. The second-order valence-electron chi connectivity index (χ2n) is 5.24. The Labute approximate surface area is 121 Å². The molecule has 102 valence electrons. The number of nitrogens with one attached hydrogen (secondary N) is 3. The fourth-order valence-electron chi connectivity index (χ4n) is 2.89. The molecule has 3 rings (SSSR count). The van der Waals surface area contributed by atoms with Gasteiger partial charge in [-0.25, -0.2) is 0 Å². The molecule has 3 N–H and O–H groups in total. The molecule has 1 aliphatic carbocycles. The molecule has 1 saturated carbocycles. The SMILES string of the molecule is O=C1NC(Nc2ccccc2)NC2CCC(Br)CC12. The van der Waals surface area contributed by atoms with E-state index < -0.39 is 0 Å². The first-order chi connectivity index (χ1) is 9.22.